The van der Waals surface area contributed by atoms with E-state index in [-0.39, 0.29) is 18.6 Å². The highest BCUT2D eigenvalue weighted by Crippen LogP contribution is 2.05. The Morgan fingerprint density at radius 2 is 2.44 bits per heavy atom. The number of azide groups is 1. The fraction of sp³-hybridized carbons (Fsp3) is 0.600. The fourth-order valence-electron chi connectivity index (χ4n) is 1.34. The number of hydrogen-bond donors (Lipinski definition) is 0. The third kappa shape index (κ3) is 4.08. The van der Waals surface area contributed by atoms with Gasteiger partial charge in [-0.05, 0) is 5.53 Å². The monoisotopic (exact) mass is 252 g/mol. The van der Waals surface area contributed by atoms with Crippen LogP contribution in [0.25, 0.3) is 10.4 Å². The normalized spacial score (nSPS) is 9.89. The van der Waals surface area contributed by atoms with Crippen molar-refractivity contribution in [1.82, 2.24) is 9.78 Å². The lowest BCUT2D eigenvalue weighted by atomic mass is 10.4. The summed E-state index contributed by atoms with van der Waals surface area (Å²) in [5, 5.41) is 7.38. The third-order valence-electron chi connectivity index (χ3n) is 2.40. The van der Waals surface area contributed by atoms with E-state index in [9.17, 15) is 4.79 Å². The minimum Gasteiger partial charge on any atom is -0.383 e. The Bertz CT molecular complexity index is 480. The maximum atomic E-state index is 11.7. The summed E-state index contributed by atoms with van der Waals surface area (Å²) in [7, 11) is 3.49. The molecule has 0 spiro atoms. The summed E-state index contributed by atoms with van der Waals surface area (Å²) >= 11 is 0. The highest BCUT2D eigenvalue weighted by atomic mass is 16.5. The number of likely N-dealkylation sites (N-methyl/N-ethyl adjacent to an activating group) is 1. The van der Waals surface area contributed by atoms with Gasteiger partial charge in [-0.3, -0.25) is 4.79 Å². The molecule has 8 nitrogen and oxygen atoms in total. The second-order valence-electron chi connectivity index (χ2n) is 3.64. The largest absolute Gasteiger partial charge is 0.383 e. The number of nitrogens with zero attached hydrogens (tertiary/aromatic N) is 6. The van der Waals surface area contributed by atoms with Crippen molar-refractivity contribution >= 4 is 5.69 Å². The Kier molecular flexibility index (Phi) is 5.69. The molecule has 0 unspecified atom stereocenters. The van der Waals surface area contributed by atoms with Gasteiger partial charge < -0.3 is 9.64 Å². The van der Waals surface area contributed by atoms with Gasteiger partial charge in [0.05, 0.1) is 25.0 Å². The summed E-state index contributed by atoms with van der Waals surface area (Å²) in [5.41, 5.74) is 8.66. The first-order valence-corrected chi connectivity index (χ1v) is 5.47. The minimum atomic E-state index is -0.218. The van der Waals surface area contributed by atoms with Gasteiger partial charge in [0.2, 0.25) is 0 Å². The number of hydrogen-bond acceptors (Lipinski definition) is 5. The van der Waals surface area contributed by atoms with Crippen LogP contribution in [0.4, 0.5) is 5.69 Å². The molecule has 1 rings (SSSR count). The second kappa shape index (κ2) is 7.31. The third-order valence-corrected chi connectivity index (χ3v) is 2.40. The molecule has 0 aliphatic rings. The van der Waals surface area contributed by atoms with E-state index in [1.54, 1.807) is 13.3 Å². The first-order chi connectivity index (χ1) is 8.69. The first-order valence-electron chi connectivity index (χ1n) is 5.47. The van der Waals surface area contributed by atoms with Crippen LogP contribution in [0.1, 0.15) is 0 Å². The SMILES string of the molecule is COCCN(C)c1cnn(CCN=[N+]=[N-])c(=O)c1. The molecule has 18 heavy (non-hydrogen) atoms. The van der Waals surface area contributed by atoms with Crippen molar-refractivity contribution in [3.8, 4) is 0 Å². The molecule has 98 valence electrons. The Balaban J connectivity index is 2.72. The second-order valence-corrected chi connectivity index (χ2v) is 3.64. The standard InChI is InChI=1S/C10H16N6O2/c1-15(5-6-18-2)9-7-10(17)16(13-8-9)4-3-12-14-11/h7-8H,3-6H2,1-2H3. The lowest BCUT2D eigenvalue weighted by molar-refractivity contribution is 0.206. The number of aromatic nitrogens is 2. The van der Waals surface area contributed by atoms with Crippen LogP contribution in [-0.2, 0) is 11.3 Å². The zero-order chi connectivity index (χ0) is 13.4. The Morgan fingerprint density at radius 1 is 1.67 bits per heavy atom. The van der Waals surface area contributed by atoms with Crippen LogP contribution < -0.4 is 10.5 Å². The summed E-state index contributed by atoms with van der Waals surface area (Å²) in [4.78, 5) is 16.2. The smallest absolute Gasteiger partial charge is 0.268 e. The van der Waals surface area contributed by atoms with E-state index in [1.165, 1.54) is 10.7 Å². The molecule has 1 aromatic heterocycles. The molecule has 0 aliphatic carbocycles. The molecule has 0 saturated carbocycles. The minimum absolute atomic E-state index is 0.211. The molecule has 0 bridgehead atoms. The summed E-state index contributed by atoms with van der Waals surface area (Å²) in [6.45, 7) is 1.75. The van der Waals surface area contributed by atoms with Gasteiger partial charge in [0.25, 0.3) is 5.56 Å². The fourth-order valence-corrected chi connectivity index (χ4v) is 1.34. The van der Waals surface area contributed by atoms with Crippen LogP contribution in [0.5, 0.6) is 0 Å². The molecule has 1 aromatic rings. The molecule has 1 heterocycles. The van der Waals surface area contributed by atoms with Gasteiger partial charge in [-0.2, -0.15) is 5.10 Å². The predicted octanol–water partition coefficient (Wildman–Crippen LogP) is 0.636. The van der Waals surface area contributed by atoms with Gasteiger partial charge in [-0.25, -0.2) is 4.68 Å². The highest BCUT2D eigenvalue weighted by Gasteiger charge is 2.04. The summed E-state index contributed by atoms with van der Waals surface area (Å²) in [5.74, 6) is 0. The van der Waals surface area contributed by atoms with E-state index in [1.807, 2.05) is 11.9 Å². The van der Waals surface area contributed by atoms with Crippen molar-refractivity contribution in [2.75, 3.05) is 38.8 Å². The number of rotatable bonds is 7. The lowest BCUT2D eigenvalue weighted by Crippen LogP contribution is -2.28. The van der Waals surface area contributed by atoms with Crippen LogP contribution in [0.15, 0.2) is 22.2 Å². The molecular weight excluding hydrogens is 236 g/mol. The first kappa shape index (κ1) is 14.0. The van der Waals surface area contributed by atoms with Gasteiger partial charge >= 0.3 is 0 Å². The van der Waals surface area contributed by atoms with Gasteiger partial charge in [-0.15, -0.1) is 0 Å². The van der Waals surface area contributed by atoms with Gasteiger partial charge in [0, 0.05) is 38.2 Å². The maximum Gasteiger partial charge on any atom is 0.268 e. The van der Waals surface area contributed by atoms with Crippen LogP contribution in [0, 0.1) is 0 Å². The van der Waals surface area contributed by atoms with Gasteiger partial charge in [0.15, 0.2) is 0 Å². The maximum absolute atomic E-state index is 11.7. The molecule has 0 fully saturated rings. The number of ether oxygens (including phenoxy) is 1. The zero-order valence-corrected chi connectivity index (χ0v) is 10.5. The van der Waals surface area contributed by atoms with Gasteiger partial charge in [-0.1, -0.05) is 5.11 Å². The Hall–Kier alpha value is -2.05. The van der Waals surface area contributed by atoms with E-state index < -0.39 is 0 Å². The summed E-state index contributed by atoms with van der Waals surface area (Å²) in [6, 6.07) is 1.50. The Labute approximate surface area is 104 Å². The average Bonchev–Trinajstić information content (AvgIpc) is 2.38. The highest BCUT2D eigenvalue weighted by molar-refractivity contribution is 5.41. The van der Waals surface area contributed by atoms with Crippen molar-refractivity contribution in [1.29, 1.82) is 0 Å². The van der Waals surface area contributed by atoms with Crippen molar-refractivity contribution in [3.63, 3.8) is 0 Å². The van der Waals surface area contributed by atoms with Crippen LogP contribution >= 0.6 is 0 Å². The lowest BCUT2D eigenvalue weighted by Gasteiger charge is -2.18. The molecule has 0 amide bonds. The molecule has 0 aliphatic heterocycles. The zero-order valence-electron chi connectivity index (χ0n) is 10.5. The average molecular weight is 252 g/mol. The van der Waals surface area contributed by atoms with Crippen molar-refractivity contribution < 1.29 is 4.74 Å². The van der Waals surface area contributed by atoms with Crippen LogP contribution in [0.3, 0.4) is 0 Å². The predicted molar refractivity (Wildman–Crippen MR) is 67.7 cm³/mol. The molecule has 0 atom stereocenters. The number of anilines is 1. The van der Waals surface area contributed by atoms with E-state index in [2.05, 4.69) is 15.1 Å². The van der Waals surface area contributed by atoms with E-state index >= 15 is 0 Å². The van der Waals surface area contributed by atoms with Crippen LogP contribution in [-0.4, -0.2) is 43.6 Å². The van der Waals surface area contributed by atoms with Crippen LogP contribution in [0.2, 0.25) is 0 Å². The molecule has 8 heteroatoms. The topological polar surface area (TPSA) is 96.1 Å². The number of methoxy groups -OCH3 is 1. The van der Waals surface area contributed by atoms with E-state index in [0.717, 1.165) is 5.69 Å². The van der Waals surface area contributed by atoms with Crippen molar-refractivity contribution in [3.05, 3.63) is 33.1 Å². The quantitative estimate of drug-likeness (QED) is 0.404. The molecule has 0 saturated heterocycles. The van der Waals surface area contributed by atoms with Crippen molar-refractivity contribution in [2.45, 2.75) is 6.54 Å². The molecule has 0 radical (unpaired) electrons. The molecule has 0 N–H and O–H groups in total. The Morgan fingerprint density at radius 3 is 3.06 bits per heavy atom. The van der Waals surface area contributed by atoms with E-state index in [4.69, 9.17) is 10.3 Å². The molecular formula is C10H16N6O2. The summed E-state index contributed by atoms with van der Waals surface area (Å²) in [6.07, 6.45) is 1.60. The summed E-state index contributed by atoms with van der Waals surface area (Å²) < 4.78 is 6.23. The van der Waals surface area contributed by atoms with E-state index in [0.29, 0.717) is 13.2 Å². The molecule has 0 aromatic carbocycles. The van der Waals surface area contributed by atoms with Gasteiger partial charge in [0.1, 0.15) is 0 Å². The van der Waals surface area contributed by atoms with Crippen molar-refractivity contribution in [2.24, 2.45) is 5.11 Å².